The van der Waals surface area contributed by atoms with Gasteiger partial charge in [0.2, 0.25) is 0 Å². The molecule has 0 unspecified atom stereocenters. The first-order valence-electron chi connectivity index (χ1n) is 10.3. The Morgan fingerprint density at radius 2 is 2.00 bits per heavy atom. The fourth-order valence-corrected chi connectivity index (χ4v) is 4.39. The zero-order valence-electron chi connectivity index (χ0n) is 18.3. The Balaban J connectivity index is 1.86. The molecule has 1 amide bonds. The minimum Gasteiger partial charge on any atom is -0.497 e. The van der Waals surface area contributed by atoms with Crippen molar-refractivity contribution in [3.8, 4) is 11.8 Å². The largest absolute Gasteiger partial charge is 0.497 e. The van der Waals surface area contributed by atoms with Crippen LogP contribution in [0.4, 0.5) is 11.4 Å². The number of methoxy groups -OCH3 is 1. The van der Waals surface area contributed by atoms with Gasteiger partial charge in [-0.05, 0) is 86.7 Å². The van der Waals surface area contributed by atoms with Gasteiger partial charge in [-0.25, -0.2) is 0 Å². The Morgan fingerprint density at radius 3 is 2.60 bits per heavy atom. The second kappa shape index (κ2) is 8.62. The highest BCUT2D eigenvalue weighted by Crippen LogP contribution is 2.43. The van der Waals surface area contributed by atoms with Crippen molar-refractivity contribution >= 4 is 23.4 Å². The molecule has 5 heteroatoms. The number of nitriles is 1. The summed E-state index contributed by atoms with van der Waals surface area (Å²) < 4.78 is 5.12. The lowest BCUT2D eigenvalue weighted by Gasteiger charge is -2.47. The summed E-state index contributed by atoms with van der Waals surface area (Å²) in [6, 6.07) is 15.2. The number of nitrogens with zero attached hydrogens (tertiary/aromatic N) is 2. The van der Waals surface area contributed by atoms with Crippen molar-refractivity contribution in [2.24, 2.45) is 0 Å². The number of benzene rings is 2. The molecule has 0 aliphatic carbocycles. The molecule has 5 nitrogen and oxygen atoms in total. The normalized spacial score (nSPS) is 17.7. The van der Waals surface area contributed by atoms with Crippen LogP contribution in [0.3, 0.4) is 0 Å². The van der Waals surface area contributed by atoms with Crippen LogP contribution in [0.1, 0.15) is 51.2 Å². The number of hydrogen-bond acceptors (Lipinski definition) is 4. The van der Waals surface area contributed by atoms with Crippen molar-refractivity contribution in [3.05, 3.63) is 59.2 Å². The SMILES string of the molecule is CCN1c2ccc(/C=C(/C#N)C(=O)Nc3ccc(OC)cc3)cc2[C@@H](C)CC1(C)C. The van der Waals surface area contributed by atoms with Gasteiger partial charge < -0.3 is 15.0 Å². The highest BCUT2D eigenvalue weighted by atomic mass is 16.5. The van der Waals surface area contributed by atoms with Crippen LogP contribution in [0.25, 0.3) is 6.08 Å². The summed E-state index contributed by atoms with van der Waals surface area (Å²) in [4.78, 5) is 15.0. The molecule has 1 aliphatic heterocycles. The van der Waals surface area contributed by atoms with E-state index >= 15 is 0 Å². The molecule has 1 atom stereocenters. The molecule has 156 valence electrons. The summed E-state index contributed by atoms with van der Waals surface area (Å²) in [7, 11) is 1.59. The van der Waals surface area contributed by atoms with Crippen LogP contribution in [0.5, 0.6) is 5.75 Å². The first-order valence-corrected chi connectivity index (χ1v) is 10.3. The van der Waals surface area contributed by atoms with Gasteiger partial charge in [-0.1, -0.05) is 13.0 Å². The second-order valence-corrected chi connectivity index (χ2v) is 8.33. The topological polar surface area (TPSA) is 65.4 Å². The van der Waals surface area contributed by atoms with Crippen molar-refractivity contribution < 1.29 is 9.53 Å². The Morgan fingerprint density at radius 1 is 1.30 bits per heavy atom. The Labute approximate surface area is 179 Å². The maximum Gasteiger partial charge on any atom is 0.266 e. The summed E-state index contributed by atoms with van der Waals surface area (Å²) in [6.07, 6.45) is 2.71. The second-order valence-electron chi connectivity index (χ2n) is 8.33. The summed E-state index contributed by atoms with van der Waals surface area (Å²) in [5.74, 6) is 0.686. The first kappa shape index (κ1) is 21.4. The molecule has 2 aromatic rings. The molecule has 0 saturated carbocycles. The quantitative estimate of drug-likeness (QED) is 0.540. The van der Waals surface area contributed by atoms with Gasteiger partial charge in [0.05, 0.1) is 7.11 Å². The van der Waals surface area contributed by atoms with Crippen LogP contribution >= 0.6 is 0 Å². The van der Waals surface area contributed by atoms with E-state index in [0.29, 0.717) is 17.4 Å². The van der Waals surface area contributed by atoms with E-state index in [1.54, 1.807) is 37.5 Å². The van der Waals surface area contributed by atoms with E-state index in [0.717, 1.165) is 18.5 Å². The van der Waals surface area contributed by atoms with Gasteiger partial charge in [0.1, 0.15) is 17.4 Å². The lowest BCUT2D eigenvalue weighted by atomic mass is 9.79. The summed E-state index contributed by atoms with van der Waals surface area (Å²) in [5, 5.41) is 12.3. The van der Waals surface area contributed by atoms with E-state index in [1.165, 1.54) is 11.3 Å². The highest BCUT2D eigenvalue weighted by Gasteiger charge is 2.35. The molecule has 0 spiro atoms. The average Bonchev–Trinajstić information content (AvgIpc) is 2.72. The molecule has 2 aromatic carbocycles. The Bertz CT molecular complexity index is 1000. The maximum atomic E-state index is 12.6. The van der Waals surface area contributed by atoms with Crippen LogP contribution in [-0.2, 0) is 4.79 Å². The summed E-state index contributed by atoms with van der Waals surface area (Å²) in [5.41, 5.74) is 4.15. The summed E-state index contributed by atoms with van der Waals surface area (Å²) >= 11 is 0. The molecule has 0 fully saturated rings. The fraction of sp³-hybridized carbons (Fsp3) is 0.360. The lowest BCUT2D eigenvalue weighted by Crippen LogP contribution is -2.48. The zero-order chi connectivity index (χ0) is 21.9. The Hall–Kier alpha value is -3.26. The lowest BCUT2D eigenvalue weighted by molar-refractivity contribution is -0.112. The number of nitrogens with one attached hydrogen (secondary N) is 1. The predicted octanol–water partition coefficient (Wildman–Crippen LogP) is 5.35. The molecular weight excluding hydrogens is 374 g/mol. The van der Waals surface area contributed by atoms with Crippen molar-refractivity contribution in [1.29, 1.82) is 5.26 Å². The van der Waals surface area contributed by atoms with Gasteiger partial charge >= 0.3 is 0 Å². The summed E-state index contributed by atoms with van der Waals surface area (Å²) in [6.45, 7) is 9.91. The van der Waals surface area contributed by atoms with Crippen LogP contribution in [0.2, 0.25) is 0 Å². The number of fused-ring (bicyclic) bond motifs is 1. The molecule has 1 N–H and O–H groups in total. The zero-order valence-corrected chi connectivity index (χ0v) is 18.3. The van der Waals surface area contributed by atoms with E-state index in [-0.39, 0.29) is 11.1 Å². The predicted molar refractivity (Wildman–Crippen MR) is 122 cm³/mol. The van der Waals surface area contributed by atoms with E-state index < -0.39 is 5.91 Å². The van der Waals surface area contributed by atoms with Gasteiger partial charge in [-0.3, -0.25) is 4.79 Å². The maximum absolute atomic E-state index is 12.6. The van der Waals surface area contributed by atoms with E-state index in [1.807, 2.05) is 12.1 Å². The van der Waals surface area contributed by atoms with E-state index in [9.17, 15) is 10.1 Å². The smallest absolute Gasteiger partial charge is 0.266 e. The number of rotatable bonds is 5. The van der Waals surface area contributed by atoms with Crippen LogP contribution < -0.4 is 15.0 Å². The third kappa shape index (κ3) is 4.33. The highest BCUT2D eigenvalue weighted by molar-refractivity contribution is 6.09. The molecular formula is C25H29N3O2. The van der Waals surface area contributed by atoms with Crippen LogP contribution in [-0.4, -0.2) is 25.1 Å². The minimum absolute atomic E-state index is 0.0712. The fourth-order valence-electron chi connectivity index (χ4n) is 4.39. The number of carbonyl (C=O) groups excluding carboxylic acids is 1. The van der Waals surface area contributed by atoms with Crippen molar-refractivity contribution in [3.63, 3.8) is 0 Å². The standard InChI is InChI=1S/C25H29N3O2/c1-6-28-23-12-7-18(14-22(23)17(2)15-25(28,3)4)13-19(16-26)24(29)27-20-8-10-21(30-5)11-9-20/h7-14,17H,6,15H2,1-5H3,(H,27,29)/b19-13-/t17-/m0/s1. The van der Waals surface area contributed by atoms with Crippen molar-refractivity contribution in [1.82, 2.24) is 0 Å². The molecule has 0 aromatic heterocycles. The third-order valence-electron chi connectivity index (χ3n) is 5.75. The first-order chi connectivity index (χ1) is 14.3. The number of amides is 1. The van der Waals surface area contributed by atoms with Gasteiger partial charge in [-0.15, -0.1) is 0 Å². The molecule has 1 heterocycles. The average molecular weight is 404 g/mol. The van der Waals surface area contributed by atoms with Crippen LogP contribution in [0, 0.1) is 11.3 Å². The molecule has 30 heavy (non-hydrogen) atoms. The Kier molecular flexibility index (Phi) is 6.17. The monoisotopic (exact) mass is 403 g/mol. The molecule has 0 saturated heterocycles. The number of ether oxygens (including phenoxy) is 1. The van der Waals surface area contributed by atoms with Gasteiger partial charge in [0, 0.05) is 23.5 Å². The number of carbonyl (C=O) groups is 1. The van der Waals surface area contributed by atoms with Gasteiger partial charge in [0.15, 0.2) is 0 Å². The minimum atomic E-state index is -0.426. The van der Waals surface area contributed by atoms with Gasteiger partial charge in [0.25, 0.3) is 5.91 Å². The molecule has 0 radical (unpaired) electrons. The van der Waals surface area contributed by atoms with E-state index in [4.69, 9.17) is 4.74 Å². The molecule has 1 aliphatic rings. The third-order valence-corrected chi connectivity index (χ3v) is 5.75. The number of hydrogen-bond donors (Lipinski definition) is 1. The van der Waals surface area contributed by atoms with Gasteiger partial charge in [-0.2, -0.15) is 5.26 Å². The molecule has 0 bridgehead atoms. The van der Waals surface area contributed by atoms with Crippen LogP contribution in [0.15, 0.2) is 48.0 Å². The van der Waals surface area contributed by atoms with Crippen molar-refractivity contribution in [2.45, 2.75) is 45.6 Å². The molecule has 3 rings (SSSR count). The number of anilines is 2. The van der Waals surface area contributed by atoms with E-state index in [2.05, 4.69) is 50.0 Å². The van der Waals surface area contributed by atoms with Crippen molar-refractivity contribution in [2.75, 3.05) is 23.9 Å².